The van der Waals surface area contributed by atoms with E-state index >= 15 is 0 Å². The summed E-state index contributed by atoms with van der Waals surface area (Å²) in [5, 5.41) is 12.5. The first kappa shape index (κ1) is 11.3. The molecule has 78 valence electrons. The Kier molecular flexibility index (Phi) is 4.17. The van der Waals surface area contributed by atoms with Gasteiger partial charge in [-0.2, -0.15) is 0 Å². The first-order valence-corrected chi connectivity index (χ1v) is 5.00. The van der Waals surface area contributed by atoms with E-state index in [2.05, 4.69) is 24.1 Å². The molecule has 0 aromatic carbocycles. The summed E-state index contributed by atoms with van der Waals surface area (Å²) in [4.78, 5) is 4.12. The summed E-state index contributed by atoms with van der Waals surface area (Å²) in [5.41, 5.74) is 0.727. The number of aliphatic hydroxyl groups excluding tert-OH is 1. The second kappa shape index (κ2) is 5.17. The fraction of sp³-hybridized carbons (Fsp3) is 0.500. The number of nitrogens with one attached hydrogen (secondary N) is 1. The van der Waals surface area contributed by atoms with Gasteiger partial charge in [-0.25, -0.2) is 4.98 Å². The molecule has 0 aliphatic heterocycles. The standard InChI is InChI=1S/C10H15ClN2O/c1-7(2)4-12-10-9(11)3-8(6-14)5-13-10/h3,5,7,14H,4,6H2,1-2H3,(H,12,13). The zero-order valence-electron chi connectivity index (χ0n) is 8.42. The summed E-state index contributed by atoms with van der Waals surface area (Å²) in [6, 6.07) is 1.72. The van der Waals surface area contributed by atoms with Gasteiger partial charge in [0.2, 0.25) is 0 Å². The second-order valence-electron chi connectivity index (χ2n) is 3.61. The number of aromatic nitrogens is 1. The minimum absolute atomic E-state index is 0.0306. The average Bonchev–Trinajstić information content (AvgIpc) is 2.15. The maximum atomic E-state index is 8.85. The van der Waals surface area contributed by atoms with Crippen LogP contribution in [0.3, 0.4) is 0 Å². The summed E-state index contributed by atoms with van der Waals surface area (Å²) in [6.07, 6.45) is 1.62. The fourth-order valence-electron chi connectivity index (χ4n) is 0.995. The Morgan fingerprint density at radius 3 is 2.79 bits per heavy atom. The summed E-state index contributed by atoms with van der Waals surface area (Å²) >= 11 is 5.96. The van der Waals surface area contributed by atoms with E-state index in [4.69, 9.17) is 16.7 Å². The molecule has 0 unspecified atom stereocenters. The van der Waals surface area contributed by atoms with E-state index in [1.807, 2.05) is 0 Å². The molecule has 1 aromatic heterocycles. The van der Waals surface area contributed by atoms with E-state index < -0.39 is 0 Å². The first-order chi connectivity index (χ1) is 6.63. The molecule has 14 heavy (non-hydrogen) atoms. The van der Waals surface area contributed by atoms with Gasteiger partial charge in [0.25, 0.3) is 0 Å². The van der Waals surface area contributed by atoms with Crippen LogP contribution in [0.1, 0.15) is 19.4 Å². The van der Waals surface area contributed by atoms with Gasteiger partial charge in [-0.1, -0.05) is 25.4 Å². The zero-order chi connectivity index (χ0) is 10.6. The molecule has 3 nitrogen and oxygen atoms in total. The van der Waals surface area contributed by atoms with Gasteiger partial charge in [0.05, 0.1) is 11.6 Å². The molecule has 0 bridgehead atoms. The molecule has 0 radical (unpaired) electrons. The highest BCUT2D eigenvalue weighted by atomic mass is 35.5. The van der Waals surface area contributed by atoms with E-state index in [0.717, 1.165) is 12.1 Å². The SMILES string of the molecule is CC(C)CNc1ncc(CO)cc1Cl. The van der Waals surface area contributed by atoms with Gasteiger partial charge in [-0.15, -0.1) is 0 Å². The number of nitrogens with zero attached hydrogens (tertiary/aromatic N) is 1. The third-order valence-electron chi connectivity index (χ3n) is 1.76. The van der Waals surface area contributed by atoms with Crippen LogP contribution in [0, 0.1) is 5.92 Å². The predicted octanol–water partition coefficient (Wildman–Crippen LogP) is 2.30. The van der Waals surface area contributed by atoms with Gasteiger partial charge in [0.15, 0.2) is 0 Å². The van der Waals surface area contributed by atoms with Crippen molar-refractivity contribution < 1.29 is 5.11 Å². The number of rotatable bonds is 4. The van der Waals surface area contributed by atoms with Crippen molar-refractivity contribution in [3.05, 3.63) is 22.8 Å². The molecule has 2 N–H and O–H groups in total. The molecular formula is C10H15ClN2O. The Morgan fingerprint density at radius 1 is 1.57 bits per heavy atom. The van der Waals surface area contributed by atoms with E-state index in [1.54, 1.807) is 12.3 Å². The van der Waals surface area contributed by atoms with E-state index in [1.165, 1.54) is 0 Å². The highest BCUT2D eigenvalue weighted by Crippen LogP contribution is 2.20. The minimum Gasteiger partial charge on any atom is -0.392 e. The molecule has 0 spiro atoms. The van der Waals surface area contributed by atoms with Crippen LogP contribution >= 0.6 is 11.6 Å². The van der Waals surface area contributed by atoms with Crippen LogP contribution < -0.4 is 5.32 Å². The quantitative estimate of drug-likeness (QED) is 0.809. The molecule has 0 atom stereocenters. The van der Waals surface area contributed by atoms with Crippen molar-refractivity contribution in [1.29, 1.82) is 0 Å². The van der Waals surface area contributed by atoms with Gasteiger partial charge in [0, 0.05) is 12.7 Å². The molecule has 0 fully saturated rings. The number of anilines is 1. The van der Waals surface area contributed by atoms with E-state index in [0.29, 0.717) is 16.8 Å². The van der Waals surface area contributed by atoms with Crippen molar-refractivity contribution in [3.63, 3.8) is 0 Å². The smallest absolute Gasteiger partial charge is 0.144 e. The molecule has 1 aromatic rings. The van der Waals surface area contributed by atoms with Crippen molar-refractivity contribution in [2.45, 2.75) is 20.5 Å². The molecule has 0 saturated heterocycles. The summed E-state index contributed by atoms with van der Waals surface area (Å²) in [7, 11) is 0. The van der Waals surface area contributed by atoms with Crippen LogP contribution in [0.5, 0.6) is 0 Å². The third-order valence-corrected chi connectivity index (χ3v) is 2.05. The lowest BCUT2D eigenvalue weighted by Crippen LogP contribution is -2.09. The van der Waals surface area contributed by atoms with Gasteiger partial charge in [-0.3, -0.25) is 0 Å². The maximum absolute atomic E-state index is 8.85. The van der Waals surface area contributed by atoms with Crippen LogP contribution in [0.15, 0.2) is 12.3 Å². The van der Waals surface area contributed by atoms with Crippen molar-refractivity contribution in [1.82, 2.24) is 4.98 Å². The number of hydrogen-bond donors (Lipinski definition) is 2. The minimum atomic E-state index is -0.0306. The normalized spacial score (nSPS) is 10.6. The van der Waals surface area contributed by atoms with Crippen molar-refractivity contribution in [3.8, 4) is 0 Å². The van der Waals surface area contributed by atoms with Gasteiger partial charge in [-0.05, 0) is 17.5 Å². The number of aliphatic hydroxyl groups is 1. The number of halogens is 1. The molecule has 1 rings (SSSR count). The van der Waals surface area contributed by atoms with E-state index in [-0.39, 0.29) is 6.61 Å². The largest absolute Gasteiger partial charge is 0.392 e. The van der Waals surface area contributed by atoms with Gasteiger partial charge in [0.1, 0.15) is 5.82 Å². The summed E-state index contributed by atoms with van der Waals surface area (Å²) in [5.74, 6) is 1.22. The van der Waals surface area contributed by atoms with Crippen molar-refractivity contribution >= 4 is 17.4 Å². The number of hydrogen-bond acceptors (Lipinski definition) is 3. The maximum Gasteiger partial charge on any atom is 0.144 e. The molecule has 4 heteroatoms. The highest BCUT2D eigenvalue weighted by Gasteiger charge is 2.03. The van der Waals surface area contributed by atoms with Crippen LogP contribution in [-0.2, 0) is 6.61 Å². The third kappa shape index (κ3) is 3.16. The molecular weight excluding hydrogens is 200 g/mol. The average molecular weight is 215 g/mol. The Morgan fingerprint density at radius 2 is 2.29 bits per heavy atom. The lowest BCUT2D eigenvalue weighted by Gasteiger charge is -2.09. The first-order valence-electron chi connectivity index (χ1n) is 4.62. The second-order valence-corrected chi connectivity index (χ2v) is 4.01. The Balaban J connectivity index is 2.69. The lowest BCUT2D eigenvalue weighted by molar-refractivity contribution is 0.281. The van der Waals surface area contributed by atoms with E-state index in [9.17, 15) is 0 Å². The number of pyridine rings is 1. The Labute approximate surface area is 89.1 Å². The van der Waals surface area contributed by atoms with Crippen LogP contribution in [0.25, 0.3) is 0 Å². The predicted molar refractivity (Wildman–Crippen MR) is 58.5 cm³/mol. The highest BCUT2D eigenvalue weighted by molar-refractivity contribution is 6.32. The topological polar surface area (TPSA) is 45.2 Å². The Hall–Kier alpha value is -0.800. The van der Waals surface area contributed by atoms with Crippen LogP contribution in [0.4, 0.5) is 5.82 Å². The van der Waals surface area contributed by atoms with Crippen LogP contribution in [0.2, 0.25) is 5.02 Å². The summed E-state index contributed by atoms with van der Waals surface area (Å²) < 4.78 is 0. The van der Waals surface area contributed by atoms with Crippen molar-refractivity contribution in [2.75, 3.05) is 11.9 Å². The van der Waals surface area contributed by atoms with Crippen LogP contribution in [-0.4, -0.2) is 16.6 Å². The molecule has 0 aliphatic rings. The van der Waals surface area contributed by atoms with Gasteiger partial charge >= 0.3 is 0 Å². The Bertz CT molecular complexity index is 302. The monoisotopic (exact) mass is 214 g/mol. The van der Waals surface area contributed by atoms with Gasteiger partial charge < -0.3 is 10.4 Å². The molecule has 1 heterocycles. The van der Waals surface area contributed by atoms with Crippen molar-refractivity contribution in [2.24, 2.45) is 5.92 Å². The molecule has 0 saturated carbocycles. The fourth-order valence-corrected chi connectivity index (χ4v) is 1.25. The molecule has 0 amide bonds. The lowest BCUT2D eigenvalue weighted by atomic mass is 10.2. The zero-order valence-corrected chi connectivity index (χ0v) is 9.17. The molecule has 0 aliphatic carbocycles. The summed E-state index contributed by atoms with van der Waals surface area (Å²) in [6.45, 7) is 5.04.